The van der Waals surface area contributed by atoms with Crippen LogP contribution in [0, 0.1) is 11.8 Å². The number of piperidine rings is 1. The monoisotopic (exact) mass is 224 g/mol. The zero-order chi connectivity index (χ0) is 11.1. The lowest BCUT2D eigenvalue weighted by atomic mass is 9.81. The lowest BCUT2D eigenvalue weighted by Crippen LogP contribution is -2.48. The molecule has 0 aromatic heterocycles. The maximum atomic E-state index is 10.2. The Morgan fingerprint density at radius 3 is 2.94 bits per heavy atom. The summed E-state index contributed by atoms with van der Waals surface area (Å²) in [6, 6.07) is 1.22. The molecule has 0 aromatic rings. The van der Waals surface area contributed by atoms with Gasteiger partial charge in [-0.2, -0.15) is 0 Å². The highest BCUT2D eigenvalue weighted by Gasteiger charge is 2.41. The molecule has 3 aliphatic rings. The second kappa shape index (κ2) is 4.28. The van der Waals surface area contributed by atoms with E-state index in [1.165, 1.54) is 38.8 Å². The summed E-state index contributed by atoms with van der Waals surface area (Å²) in [6.07, 6.45) is 6.08. The van der Waals surface area contributed by atoms with Gasteiger partial charge in [-0.05, 0) is 51.6 Å². The SMILES string of the molecule is CN1CCC(CC2C(O)CC3CCC2N3)C1. The van der Waals surface area contributed by atoms with Gasteiger partial charge in [-0.1, -0.05) is 0 Å². The molecule has 0 spiro atoms. The maximum absolute atomic E-state index is 10.2. The third kappa shape index (κ3) is 2.01. The number of aliphatic hydroxyl groups excluding tert-OH is 1. The fourth-order valence-electron chi connectivity index (χ4n) is 4.03. The smallest absolute Gasteiger partial charge is 0.0598 e. The fraction of sp³-hybridized carbons (Fsp3) is 1.00. The number of nitrogens with one attached hydrogen (secondary N) is 1. The second-order valence-electron chi connectivity index (χ2n) is 6.17. The summed E-state index contributed by atoms with van der Waals surface area (Å²) in [7, 11) is 2.21. The van der Waals surface area contributed by atoms with Crippen molar-refractivity contribution in [2.75, 3.05) is 20.1 Å². The molecule has 3 nitrogen and oxygen atoms in total. The molecule has 3 heterocycles. The molecule has 2 bridgehead atoms. The largest absolute Gasteiger partial charge is 0.393 e. The van der Waals surface area contributed by atoms with E-state index < -0.39 is 0 Å². The molecule has 3 aliphatic heterocycles. The van der Waals surface area contributed by atoms with Crippen molar-refractivity contribution >= 4 is 0 Å². The zero-order valence-electron chi connectivity index (χ0n) is 10.2. The Bertz CT molecular complexity index is 258. The van der Waals surface area contributed by atoms with E-state index in [1.807, 2.05) is 0 Å². The van der Waals surface area contributed by atoms with Crippen molar-refractivity contribution < 1.29 is 5.11 Å². The van der Waals surface area contributed by atoms with Gasteiger partial charge in [-0.15, -0.1) is 0 Å². The Morgan fingerprint density at radius 1 is 1.31 bits per heavy atom. The molecule has 5 atom stereocenters. The minimum absolute atomic E-state index is 0.0374. The normalized spacial score (nSPS) is 48.8. The van der Waals surface area contributed by atoms with Gasteiger partial charge in [0.25, 0.3) is 0 Å². The summed E-state index contributed by atoms with van der Waals surface area (Å²) in [6.45, 7) is 2.48. The van der Waals surface area contributed by atoms with Crippen LogP contribution < -0.4 is 5.32 Å². The van der Waals surface area contributed by atoms with E-state index in [-0.39, 0.29) is 6.10 Å². The zero-order valence-corrected chi connectivity index (χ0v) is 10.2. The van der Waals surface area contributed by atoms with Gasteiger partial charge in [0, 0.05) is 24.5 Å². The molecule has 16 heavy (non-hydrogen) atoms. The number of nitrogens with zero attached hydrogens (tertiary/aromatic N) is 1. The average Bonchev–Trinajstić information content (AvgIpc) is 2.81. The van der Waals surface area contributed by atoms with Crippen molar-refractivity contribution in [2.24, 2.45) is 11.8 Å². The lowest BCUT2D eigenvalue weighted by Gasteiger charge is -2.36. The van der Waals surface area contributed by atoms with Crippen LogP contribution in [0.25, 0.3) is 0 Å². The van der Waals surface area contributed by atoms with Gasteiger partial charge >= 0.3 is 0 Å². The van der Waals surface area contributed by atoms with Gasteiger partial charge < -0.3 is 15.3 Å². The highest BCUT2D eigenvalue weighted by Crippen LogP contribution is 2.36. The quantitative estimate of drug-likeness (QED) is 0.729. The number of hydrogen-bond donors (Lipinski definition) is 2. The molecular formula is C13H24N2O. The first-order valence-corrected chi connectivity index (χ1v) is 6.85. The van der Waals surface area contributed by atoms with Crippen LogP contribution in [-0.4, -0.2) is 48.3 Å². The first kappa shape index (κ1) is 11.0. The summed E-state index contributed by atoms with van der Waals surface area (Å²) >= 11 is 0. The molecule has 3 fully saturated rings. The van der Waals surface area contributed by atoms with Gasteiger partial charge in [0.15, 0.2) is 0 Å². The highest BCUT2D eigenvalue weighted by molar-refractivity contribution is 4.98. The van der Waals surface area contributed by atoms with Crippen molar-refractivity contribution in [3.63, 3.8) is 0 Å². The van der Waals surface area contributed by atoms with Crippen LogP contribution >= 0.6 is 0 Å². The molecule has 3 heteroatoms. The van der Waals surface area contributed by atoms with Gasteiger partial charge in [0.1, 0.15) is 0 Å². The van der Waals surface area contributed by atoms with E-state index in [9.17, 15) is 5.11 Å². The minimum atomic E-state index is -0.0374. The van der Waals surface area contributed by atoms with Crippen LogP contribution in [0.3, 0.4) is 0 Å². The summed E-state index contributed by atoms with van der Waals surface area (Å²) < 4.78 is 0. The molecule has 2 N–H and O–H groups in total. The van der Waals surface area contributed by atoms with Crippen LogP contribution in [0.15, 0.2) is 0 Å². The first-order chi connectivity index (χ1) is 7.72. The number of likely N-dealkylation sites (tertiary alicyclic amines) is 1. The molecular weight excluding hydrogens is 200 g/mol. The Morgan fingerprint density at radius 2 is 2.19 bits per heavy atom. The molecule has 3 saturated heterocycles. The molecule has 3 rings (SSSR count). The van der Waals surface area contributed by atoms with Crippen molar-refractivity contribution in [2.45, 2.75) is 50.3 Å². The third-order valence-corrected chi connectivity index (χ3v) is 4.91. The Labute approximate surface area is 98.2 Å². The van der Waals surface area contributed by atoms with E-state index in [0.717, 1.165) is 12.3 Å². The van der Waals surface area contributed by atoms with Crippen LogP contribution in [0.1, 0.15) is 32.1 Å². The van der Waals surface area contributed by atoms with Crippen molar-refractivity contribution in [3.05, 3.63) is 0 Å². The second-order valence-corrected chi connectivity index (χ2v) is 6.17. The molecule has 5 unspecified atom stereocenters. The highest BCUT2D eigenvalue weighted by atomic mass is 16.3. The van der Waals surface area contributed by atoms with E-state index in [4.69, 9.17) is 0 Å². The standard InChI is InChI=1S/C13H24N2O/c1-15-5-4-9(8-15)6-11-12-3-2-10(14-12)7-13(11)16/h9-14,16H,2-8H2,1H3. The summed E-state index contributed by atoms with van der Waals surface area (Å²) in [5.41, 5.74) is 0. The summed E-state index contributed by atoms with van der Waals surface area (Å²) in [5, 5.41) is 13.9. The van der Waals surface area contributed by atoms with Crippen LogP contribution in [-0.2, 0) is 0 Å². The molecule has 0 radical (unpaired) electrons. The topological polar surface area (TPSA) is 35.5 Å². The molecule has 0 saturated carbocycles. The number of aliphatic hydroxyl groups is 1. The molecule has 0 aromatic carbocycles. The number of rotatable bonds is 2. The van der Waals surface area contributed by atoms with Crippen molar-refractivity contribution in [1.29, 1.82) is 0 Å². The van der Waals surface area contributed by atoms with Gasteiger partial charge in [-0.25, -0.2) is 0 Å². The molecule has 92 valence electrons. The van der Waals surface area contributed by atoms with E-state index in [0.29, 0.717) is 18.0 Å². The lowest BCUT2D eigenvalue weighted by molar-refractivity contribution is 0.0397. The Hall–Kier alpha value is -0.120. The number of fused-ring (bicyclic) bond motifs is 2. The van der Waals surface area contributed by atoms with E-state index >= 15 is 0 Å². The summed E-state index contributed by atoms with van der Waals surface area (Å²) in [4.78, 5) is 2.42. The van der Waals surface area contributed by atoms with Gasteiger partial charge in [0.2, 0.25) is 0 Å². The maximum Gasteiger partial charge on any atom is 0.0598 e. The average molecular weight is 224 g/mol. The predicted octanol–water partition coefficient (Wildman–Crippen LogP) is 0.830. The summed E-state index contributed by atoms with van der Waals surface area (Å²) in [5.74, 6) is 1.35. The Balaban J connectivity index is 1.60. The van der Waals surface area contributed by atoms with Crippen LogP contribution in [0.4, 0.5) is 0 Å². The third-order valence-electron chi connectivity index (χ3n) is 4.91. The fourth-order valence-corrected chi connectivity index (χ4v) is 4.03. The van der Waals surface area contributed by atoms with Crippen LogP contribution in [0.2, 0.25) is 0 Å². The molecule has 0 aliphatic carbocycles. The van der Waals surface area contributed by atoms with Gasteiger partial charge in [-0.3, -0.25) is 0 Å². The van der Waals surface area contributed by atoms with Crippen molar-refractivity contribution in [3.8, 4) is 0 Å². The van der Waals surface area contributed by atoms with E-state index in [2.05, 4.69) is 17.3 Å². The minimum Gasteiger partial charge on any atom is -0.393 e. The van der Waals surface area contributed by atoms with E-state index in [1.54, 1.807) is 0 Å². The molecule has 0 amide bonds. The predicted molar refractivity (Wildman–Crippen MR) is 64.3 cm³/mol. The Kier molecular flexibility index (Phi) is 2.94. The number of hydrogen-bond acceptors (Lipinski definition) is 3. The first-order valence-electron chi connectivity index (χ1n) is 6.85. The van der Waals surface area contributed by atoms with Crippen LogP contribution in [0.5, 0.6) is 0 Å². The van der Waals surface area contributed by atoms with Gasteiger partial charge in [0.05, 0.1) is 6.10 Å². The van der Waals surface area contributed by atoms with Crippen molar-refractivity contribution in [1.82, 2.24) is 10.2 Å².